The number of hydrogen-bond donors (Lipinski definition) is 1. The molecule has 0 aromatic heterocycles. The molecule has 4 nitrogen and oxygen atoms in total. The van der Waals surface area contributed by atoms with Gasteiger partial charge in [0.05, 0.1) is 6.61 Å². The maximum Gasteiger partial charge on any atom is 0.222 e. The smallest absolute Gasteiger partial charge is 0.222 e. The van der Waals surface area contributed by atoms with Gasteiger partial charge in [-0.2, -0.15) is 0 Å². The van der Waals surface area contributed by atoms with Gasteiger partial charge >= 0.3 is 0 Å². The molecule has 0 heterocycles. The molecule has 0 rings (SSSR count). The van der Waals surface area contributed by atoms with Crippen molar-refractivity contribution in [1.29, 1.82) is 0 Å². The van der Waals surface area contributed by atoms with E-state index in [0.29, 0.717) is 26.2 Å². The summed E-state index contributed by atoms with van der Waals surface area (Å²) in [4.78, 5) is 13.8. The Hall–Kier alpha value is -0.610. The van der Waals surface area contributed by atoms with E-state index in [9.17, 15) is 4.79 Å². The van der Waals surface area contributed by atoms with Crippen LogP contribution in [0.1, 0.15) is 46.5 Å². The maximum atomic E-state index is 12.0. The van der Waals surface area contributed by atoms with Crippen molar-refractivity contribution in [3.05, 3.63) is 0 Å². The first-order chi connectivity index (χ1) is 8.21. The average Bonchev–Trinajstić information content (AvgIpc) is 2.34. The number of aliphatic hydroxyl groups excluding tert-OH is 1. The molecule has 17 heavy (non-hydrogen) atoms. The van der Waals surface area contributed by atoms with Gasteiger partial charge in [-0.15, -0.1) is 0 Å². The Balaban J connectivity index is 4.13. The fraction of sp³-hybridized carbons (Fsp3) is 0.923. The van der Waals surface area contributed by atoms with Crippen molar-refractivity contribution in [2.45, 2.75) is 52.5 Å². The van der Waals surface area contributed by atoms with Crippen LogP contribution in [-0.4, -0.2) is 48.3 Å². The first-order valence-corrected chi connectivity index (χ1v) is 6.69. The molecule has 0 saturated carbocycles. The fourth-order valence-corrected chi connectivity index (χ4v) is 1.96. The second kappa shape index (κ2) is 10.5. The first-order valence-electron chi connectivity index (χ1n) is 6.69. The quantitative estimate of drug-likeness (QED) is 0.597. The number of carbonyl (C=O) groups is 1. The zero-order valence-electron chi connectivity index (χ0n) is 11.4. The molecule has 0 aliphatic carbocycles. The zero-order chi connectivity index (χ0) is 13.1. The monoisotopic (exact) mass is 245 g/mol. The predicted molar refractivity (Wildman–Crippen MR) is 68.9 cm³/mol. The van der Waals surface area contributed by atoms with Gasteiger partial charge in [-0.1, -0.05) is 13.8 Å². The summed E-state index contributed by atoms with van der Waals surface area (Å²) >= 11 is 0. The van der Waals surface area contributed by atoms with Crippen molar-refractivity contribution in [3.63, 3.8) is 0 Å². The number of amides is 1. The lowest BCUT2D eigenvalue weighted by molar-refractivity contribution is -0.134. The molecule has 102 valence electrons. The Labute approximate surface area is 105 Å². The molecule has 0 aromatic carbocycles. The summed E-state index contributed by atoms with van der Waals surface area (Å²) in [7, 11) is 0. The van der Waals surface area contributed by atoms with E-state index in [-0.39, 0.29) is 18.6 Å². The lowest BCUT2D eigenvalue weighted by Gasteiger charge is -2.30. The molecular formula is C13H27NO3. The van der Waals surface area contributed by atoms with Crippen LogP contribution < -0.4 is 0 Å². The van der Waals surface area contributed by atoms with Gasteiger partial charge in [0.2, 0.25) is 5.91 Å². The maximum absolute atomic E-state index is 12.0. The second-order valence-electron chi connectivity index (χ2n) is 4.08. The van der Waals surface area contributed by atoms with Crippen molar-refractivity contribution in [1.82, 2.24) is 4.90 Å². The minimum absolute atomic E-state index is 0.0354. The van der Waals surface area contributed by atoms with E-state index in [0.717, 1.165) is 19.3 Å². The number of ether oxygens (including phenoxy) is 1. The van der Waals surface area contributed by atoms with E-state index in [1.165, 1.54) is 0 Å². The van der Waals surface area contributed by atoms with Crippen LogP contribution in [0.4, 0.5) is 0 Å². The average molecular weight is 245 g/mol. The summed E-state index contributed by atoms with van der Waals surface area (Å²) in [5.41, 5.74) is 0. The molecule has 0 unspecified atom stereocenters. The summed E-state index contributed by atoms with van der Waals surface area (Å²) in [5.74, 6) is 0.132. The van der Waals surface area contributed by atoms with Gasteiger partial charge < -0.3 is 14.7 Å². The summed E-state index contributed by atoms with van der Waals surface area (Å²) in [5, 5.41) is 9.02. The van der Waals surface area contributed by atoms with Gasteiger partial charge in [0.1, 0.15) is 0 Å². The molecule has 1 N–H and O–H groups in total. The molecule has 0 saturated heterocycles. The van der Waals surface area contributed by atoms with E-state index in [2.05, 4.69) is 13.8 Å². The van der Waals surface area contributed by atoms with Crippen molar-refractivity contribution in [3.8, 4) is 0 Å². The van der Waals surface area contributed by atoms with Crippen molar-refractivity contribution in [2.24, 2.45) is 0 Å². The van der Waals surface area contributed by atoms with Crippen LogP contribution in [0, 0.1) is 0 Å². The van der Waals surface area contributed by atoms with E-state index in [1.807, 2.05) is 11.8 Å². The first kappa shape index (κ1) is 16.4. The van der Waals surface area contributed by atoms with E-state index in [4.69, 9.17) is 9.84 Å². The summed E-state index contributed by atoms with van der Waals surface area (Å²) < 4.78 is 5.22. The standard InChI is InChI=1S/C13H27NO3/c1-4-12(5-2)14(9-10-15)13(16)8-7-11-17-6-3/h12,15H,4-11H2,1-3H3. The van der Waals surface area contributed by atoms with Gasteiger partial charge in [0.25, 0.3) is 0 Å². The highest BCUT2D eigenvalue weighted by molar-refractivity contribution is 5.76. The van der Waals surface area contributed by atoms with E-state index >= 15 is 0 Å². The van der Waals surface area contributed by atoms with Gasteiger partial charge in [0, 0.05) is 32.2 Å². The second-order valence-corrected chi connectivity index (χ2v) is 4.08. The molecule has 0 spiro atoms. The van der Waals surface area contributed by atoms with Gasteiger partial charge in [-0.05, 0) is 26.2 Å². The minimum atomic E-state index is 0.0354. The Kier molecular flexibility index (Phi) is 10.2. The van der Waals surface area contributed by atoms with E-state index < -0.39 is 0 Å². The van der Waals surface area contributed by atoms with Crippen molar-refractivity contribution in [2.75, 3.05) is 26.4 Å². The minimum Gasteiger partial charge on any atom is -0.395 e. The molecule has 0 aliphatic rings. The number of hydrogen-bond acceptors (Lipinski definition) is 3. The fourth-order valence-electron chi connectivity index (χ4n) is 1.96. The Morgan fingerprint density at radius 2 is 1.94 bits per heavy atom. The van der Waals surface area contributed by atoms with Crippen LogP contribution in [0.3, 0.4) is 0 Å². The third-order valence-corrected chi connectivity index (χ3v) is 2.93. The third kappa shape index (κ3) is 6.64. The summed E-state index contributed by atoms with van der Waals surface area (Å²) in [6.45, 7) is 7.91. The molecular weight excluding hydrogens is 218 g/mol. The van der Waals surface area contributed by atoms with Gasteiger partial charge in [-0.3, -0.25) is 4.79 Å². The van der Waals surface area contributed by atoms with Crippen molar-refractivity contribution >= 4 is 5.91 Å². The third-order valence-electron chi connectivity index (χ3n) is 2.93. The molecule has 0 aromatic rings. The molecule has 0 bridgehead atoms. The van der Waals surface area contributed by atoms with Gasteiger partial charge in [-0.25, -0.2) is 0 Å². The molecule has 0 atom stereocenters. The molecule has 0 fully saturated rings. The van der Waals surface area contributed by atoms with Crippen molar-refractivity contribution < 1.29 is 14.6 Å². The highest BCUT2D eigenvalue weighted by atomic mass is 16.5. The van der Waals surface area contributed by atoms with Crippen LogP contribution in [-0.2, 0) is 9.53 Å². The number of rotatable bonds is 10. The highest BCUT2D eigenvalue weighted by Crippen LogP contribution is 2.10. The Morgan fingerprint density at radius 1 is 1.29 bits per heavy atom. The largest absolute Gasteiger partial charge is 0.395 e. The normalized spacial score (nSPS) is 10.9. The number of carbonyl (C=O) groups excluding carboxylic acids is 1. The van der Waals surface area contributed by atoms with Crippen LogP contribution in [0.25, 0.3) is 0 Å². The topological polar surface area (TPSA) is 49.8 Å². The highest BCUT2D eigenvalue weighted by Gasteiger charge is 2.19. The summed E-state index contributed by atoms with van der Waals surface area (Å²) in [6, 6.07) is 0.252. The van der Waals surface area contributed by atoms with Crippen LogP contribution in [0.2, 0.25) is 0 Å². The molecule has 1 amide bonds. The predicted octanol–water partition coefficient (Wildman–Crippen LogP) is 1.81. The lowest BCUT2D eigenvalue weighted by Crippen LogP contribution is -2.41. The van der Waals surface area contributed by atoms with E-state index in [1.54, 1.807) is 0 Å². The molecule has 0 radical (unpaired) electrons. The van der Waals surface area contributed by atoms with Crippen LogP contribution >= 0.6 is 0 Å². The summed E-state index contributed by atoms with van der Waals surface area (Å²) in [6.07, 6.45) is 3.15. The Bertz CT molecular complexity index is 193. The van der Waals surface area contributed by atoms with Crippen LogP contribution in [0.5, 0.6) is 0 Å². The Morgan fingerprint density at radius 3 is 2.41 bits per heavy atom. The van der Waals surface area contributed by atoms with Crippen LogP contribution in [0.15, 0.2) is 0 Å². The zero-order valence-corrected chi connectivity index (χ0v) is 11.4. The number of nitrogens with zero attached hydrogens (tertiary/aromatic N) is 1. The lowest BCUT2D eigenvalue weighted by atomic mass is 10.1. The molecule has 4 heteroatoms. The SMILES string of the molecule is CCOCCCC(=O)N(CCO)C(CC)CC. The molecule has 0 aliphatic heterocycles. The van der Waals surface area contributed by atoms with Gasteiger partial charge in [0.15, 0.2) is 0 Å². The number of aliphatic hydroxyl groups is 1.